The van der Waals surface area contributed by atoms with Gasteiger partial charge in [-0.25, -0.2) is 0 Å². The van der Waals surface area contributed by atoms with Crippen molar-refractivity contribution in [1.82, 2.24) is 5.32 Å². The molecule has 0 spiro atoms. The molecule has 0 aliphatic heterocycles. The van der Waals surface area contributed by atoms with Gasteiger partial charge in [-0.1, -0.05) is 47.5 Å². The summed E-state index contributed by atoms with van der Waals surface area (Å²) in [7, 11) is 0. The van der Waals surface area contributed by atoms with Gasteiger partial charge in [0.25, 0.3) is 0 Å². The van der Waals surface area contributed by atoms with E-state index in [1.54, 1.807) is 24.3 Å². The van der Waals surface area contributed by atoms with E-state index in [1.165, 1.54) is 0 Å². The van der Waals surface area contributed by atoms with Crippen LogP contribution in [-0.2, 0) is 16.1 Å². The largest absolute Gasteiger partial charge is 0.344 e. The summed E-state index contributed by atoms with van der Waals surface area (Å²) in [6.07, 6.45) is 0. The van der Waals surface area contributed by atoms with Gasteiger partial charge in [0.05, 0.1) is 10.7 Å². The molecule has 0 bridgehead atoms. The van der Waals surface area contributed by atoms with Crippen LogP contribution < -0.4 is 10.6 Å². The summed E-state index contributed by atoms with van der Waals surface area (Å²) in [5, 5.41) is 6.00. The van der Waals surface area contributed by atoms with Crippen LogP contribution in [0.25, 0.3) is 0 Å². The van der Waals surface area contributed by atoms with Gasteiger partial charge in [0.1, 0.15) is 0 Å². The molecule has 0 fully saturated rings. The first-order valence-corrected chi connectivity index (χ1v) is 7.73. The summed E-state index contributed by atoms with van der Waals surface area (Å²) in [5.74, 6) is -1.52. The van der Waals surface area contributed by atoms with Crippen LogP contribution in [0.3, 0.4) is 0 Å². The van der Waals surface area contributed by atoms with E-state index in [-0.39, 0.29) is 6.54 Å². The van der Waals surface area contributed by atoms with Crippen LogP contribution in [0.5, 0.6) is 0 Å². The average molecular weight is 351 g/mol. The Balaban J connectivity index is 2.01. The maximum atomic E-state index is 12.0. The van der Waals surface area contributed by atoms with Crippen molar-refractivity contribution in [2.75, 3.05) is 5.32 Å². The second-order valence-corrected chi connectivity index (χ2v) is 5.98. The van der Waals surface area contributed by atoms with Crippen LogP contribution >= 0.6 is 23.2 Å². The summed E-state index contributed by atoms with van der Waals surface area (Å²) < 4.78 is 0. The Morgan fingerprint density at radius 1 is 1.00 bits per heavy atom. The summed E-state index contributed by atoms with van der Waals surface area (Å²) in [6, 6.07) is 10.7. The molecule has 0 radical (unpaired) electrons. The number of aryl methyl sites for hydroxylation is 2. The molecular formula is C17H16Cl2N2O2. The van der Waals surface area contributed by atoms with Crippen molar-refractivity contribution in [2.24, 2.45) is 0 Å². The number of carbonyl (C=O) groups excluding carboxylic acids is 2. The van der Waals surface area contributed by atoms with Crippen molar-refractivity contribution in [3.63, 3.8) is 0 Å². The zero-order valence-electron chi connectivity index (χ0n) is 12.7. The monoisotopic (exact) mass is 350 g/mol. The summed E-state index contributed by atoms with van der Waals surface area (Å²) in [6.45, 7) is 3.89. The van der Waals surface area contributed by atoms with Crippen molar-refractivity contribution < 1.29 is 9.59 Å². The molecule has 0 heterocycles. The van der Waals surface area contributed by atoms with Crippen molar-refractivity contribution in [2.45, 2.75) is 20.4 Å². The molecule has 2 aromatic rings. The standard InChI is InChI=1S/C17H16Cl2N2O2/c1-10-7-11(2)15(14(19)8-10)21-17(23)16(22)20-9-12-5-3-4-6-13(12)18/h3-8H,9H2,1-2H3,(H,20,22)(H,21,23). The fourth-order valence-corrected chi connectivity index (χ4v) is 2.71. The predicted octanol–water partition coefficient (Wildman–Crippen LogP) is 3.87. The van der Waals surface area contributed by atoms with E-state index in [2.05, 4.69) is 10.6 Å². The number of hydrogen-bond donors (Lipinski definition) is 2. The Kier molecular flexibility index (Phi) is 5.64. The molecule has 6 heteroatoms. The molecule has 0 aliphatic carbocycles. The minimum absolute atomic E-state index is 0.173. The number of halogens is 2. The Morgan fingerprint density at radius 3 is 2.35 bits per heavy atom. The molecule has 0 saturated heterocycles. The van der Waals surface area contributed by atoms with Crippen LogP contribution in [0.15, 0.2) is 36.4 Å². The van der Waals surface area contributed by atoms with Crippen molar-refractivity contribution in [3.8, 4) is 0 Å². The lowest BCUT2D eigenvalue weighted by atomic mass is 10.1. The van der Waals surface area contributed by atoms with Gasteiger partial charge in [-0.05, 0) is 42.7 Å². The highest BCUT2D eigenvalue weighted by Crippen LogP contribution is 2.27. The normalized spacial score (nSPS) is 10.3. The van der Waals surface area contributed by atoms with Crippen LogP contribution in [0, 0.1) is 13.8 Å². The zero-order chi connectivity index (χ0) is 17.0. The number of nitrogens with one attached hydrogen (secondary N) is 2. The van der Waals surface area contributed by atoms with Gasteiger partial charge >= 0.3 is 11.8 Å². The van der Waals surface area contributed by atoms with Crippen molar-refractivity contribution in [1.29, 1.82) is 0 Å². The van der Waals surface area contributed by atoms with Gasteiger partial charge in [-0.3, -0.25) is 9.59 Å². The van der Waals surface area contributed by atoms with E-state index < -0.39 is 11.8 Å². The molecule has 0 atom stereocenters. The third kappa shape index (κ3) is 4.47. The van der Waals surface area contributed by atoms with Gasteiger partial charge < -0.3 is 10.6 Å². The lowest BCUT2D eigenvalue weighted by molar-refractivity contribution is -0.136. The van der Waals surface area contributed by atoms with E-state index >= 15 is 0 Å². The Morgan fingerprint density at radius 2 is 1.70 bits per heavy atom. The number of hydrogen-bond acceptors (Lipinski definition) is 2. The molecule has 2 rings (SSSR count). The number of amides is 2. The fraction of sp³-hybridized carbons (Fsp3) is 0.176. The first kappa shape index (κ1) is 17.3. The molecule has 0 aliphatic rings. The molecule has 4 nitrogen and oxygen atoms in total. The third-order valence-electron chi connectivity index (χ3n) is 3.27. The van der Waals surface area contributed by atoms with E-state index in [0.717, 1.165) is 16.7 Å². The predicted molar refractivity (Wildman–Crippen MR) is 92.9 cm³/mol. The minimum atomic E-state index is -0.772. The molecule has 2 amide bonds. The Hall–Kier alpha value is -2.04. The molecule has 23 heavy (non-hydrogen) atoms. The number of carbonyl (C=O) groups is 2. The van der Waals surface area contributed by atoms with Gasteiger partial charge in [-0.2, -0.15) is 0 Å². The van der Waals surface area contributed by atoms with Crippen LogP contribution in [0.2, 0.25) is 10.0 Å². The van der Waals surface area contributed by atoms with Crippen LogP contribution in [0.1, 0.15) is 16.7 Å². The van der Waals surface area contributed by atoms with Crippen LogP contribution in [0.4, 0.5) is 5.69 Å². The maximum Gasteiger partial charge on any atom is 0.313 e. The van der Waals surface area contributed by atoms with Crippen LogP contribution in [-0.4, -0.2) is 11.8 Å². The first-order valence-electron chi connectivity index (χ1n) is 6.98. The van der Waals surface area contributed by atoms with E-state index in [0.29, 0.717) is 15.7 Å². The quantitative estimate of drug-likeness (QED) is 0.825. The Bertz CT molecular complexity index is 737. The molecule has 0 unspecified atom stereocenters. The number of rotatable bonds is 3. The van der Waals surface area contributed by atoms with Crippen molar-refractivity contribution in [3.05, 3.63) is 63.1 Å². The fourth-order valence-electron chi connectivity index (χ4n) is 2.14. The topological polar surface area (TPSA) is 58.2 Å². The Labute approximate surface area is 144 Å². The van der Waals surface area contributed by atoms with E-state index in [1.807, 2.05) is 26.0 Å². The number of anilines is 1. The van der Waals surface area contributed by atoms with E-state index in [9.17, 15) is 9.59 Å². The smallest absolute Gasteiger partial charge is 0.313 e. The third-order valence-corrected chi connectivity index (χ3v) is 3.94. The average Bonchev–Trinajstić information content (AvgIpc) is 2.49. The highest BCUT2D eigenvalue weighted by atomic mass is 35.5. The van der Waals surface area contributed by atoms with Crippen molar-refractivity contribution >= 4 is 40.7 Å². The highest BCUT2D eigenvalue weighted by Gasteiger charge is 2.16. The number of benzene rings is 2. The summed E-state index contributed by atoms with van der Waals surface area (Å²) >= 11 is 12.1. The van der Waals surface area contributed by atoms with Gasteiger partial charge in [0.15, 0.2) is 0 Å². The second kappa shape index (κ2) is 7.49. The SMILES string of the molecule is Cc1cc(C)c(NC(=O)C(=O)NCc2ccccc2Cl)c(Cl)c1. The summed E-state index contributed by atoms with van der Waals surface area (Å²) in [5.41, 5.74) is 2.95. The molecular weight excluding hydrogens is 335 g/mol. The first-order chi connectivity index (χ1) is 10.9. The molecule has 2 N–H and O–H groups in total. The molecule has 0 aromatic heterocycles. The lowest BCUT2D eigenvalue weighted by Gasteiger charge is -2.12. The molecule has 2 aromatic carbocycles. The molecule has 120 valence electrons. The van der Waals surface area contributed by atoms with Gasteiger partial charge in [0.2, 0.25) is 0 Å². The molecule has 0 saturated carbocycles. The zero-order valence-corrected chi connectivity index (χ0v) is 14.3. The minimum Gasteiger partial charge on any atom is -0.344 e. The van der Waals surface area contributed by atoms with Gasteiger partial charge in [-0.15, -0.1) is 0 Å². The highest BCUT2D eigenvalue weighted by molar-refractivity contribution is 6.41. The van der Waals surface area contributed by atoms with E-state index in [4.69, 9.17) is 23.2 Å². The second-order valence-electron chi connectivity index (χ2n) is 5.17. The lowest BCUT2D eigenvalue weighted by Crippen LogP contribution is -2.35. The summed E-state index contributed by atoms with van der Waals surface area (Å²) in [4.78, 5) is 23.9. The maximum absolute atomic E-state index is 12.0. The van der Waals surface area contributed by atoms with Gasteiger partial charge in [0, 0.05) is 11.6 Å².